The van der Waals surface area contributed by atoms with Gasteiger partial charge in [-0.15, -0.1) is 0 Å². The number of rotatable bonds is 5. The highest BCUT2D eigenvalue weighted by Gasteiger charge is 2.42. The first-order valence-electron chi connectivity index (χ1n) is 11.7. The van der Waals surface area contributed by atoms with E-state index in [1.807, 2.05) is 31.2 Å². The van der Waals surface area contributed by atoms with Gasteiger partial charge in [0.05, 0.1) is 12.8 Å². The quantitative estimate of drug-likeness (QED) is 0.469. The number of carbonyl (C=O) groups excluding carboxylic acids is 2. The number of ketones is 1. The first kappa shape index (κ1) is 23.2. The van der Waals surface area contributed by atoms with Crippen LogP contribution < -0.4 is 15.4 Å². The van der Waals surface area contributed by atoms with E-state index in [4.69, 9.17) is 16.3 Å². The zero-order chi connectivity index (χ0) is 24.7. The van der Waals surface area contributed by atoms with Crippen LogP contribution in [0.5, 0.6) is 5.75 Å². The van der Waals surface area contributed by atoms with Gasteiger partial charge in [0.2, 0.25) is 0 Å². The van der Waals surface area contributed by atoms with Gasteiger partial charge in [0, 0.05) is 28.4 Å². The summed E-state index contributed by atoms with van der Waals surface area (Å²) < 4.78 is 7.20. The third-order valence-corrected chi connectivity index (χ3v) is 6.61. The summed E-state index contributed by atoms with van der Waals surface area (Å²) in [6.07, 6.45) is 2.70. The fourth-order valence-corrected chi connectivity index (χ4v) is 4.96. The molecule has 0 saturated carbocycles. The molecule has 180 valence electrons. The SMILES string of the molecule is CCOc1ccc(NC(=O)c2cnn3c2NC2=C(C(=O)CC(C)(C)C2)[C@H]3c2ccc(Cl)cc2)cc1. The number of Topliss-reactive ketones (excluding diaryl/α,β-unsaturated/α-hetero) is 1. The van der Waals surface area contributed by atoms with Crippen molar-refractivity contribution in [2.45, 2.75) is 39.7 Å². The molecule has 1 aliphatic heterocycles. The van der Waals surface area contributed by atoms with Crippen LogP contribution in [0.2, 0.25) is 5.02 Å². The molecular weight excluding hydrogens is 464 g/mol. The minimum absolute atomic E-state index is 0.0882. The first-order chi connectivity index (χ1) is 16.8. The molecule has 2 aliphatic rings. The molecule has 7 nitrogen and oxygen atoms in total. The van der Waals surface area contributed by atoms with Crippen molar-refractivity contribution in [1.29, 1.82) is 0 Å². The van der Waals surface area contributed by atoms with E-state index in [-0.39, 0.29) is 17.1 Å². The third kappa shape index (κ3) is 4.44. The van der Waals surface area contributed by atoms with Crippen molar-refractivity contribution in [3.05, 3.63) is 82.1 Å². The van der Waals surface area contributed by atoms with E-state index in [1.54, 1.807) is 35.1 Å². The first-order valence-corrected chi connectivity index (χ1v) is 12.0. The largest absolute Gasteiger partial charge is 0.494 e. The summed E-state index contributed by atoms with van der Waals surface area (Å²) in [4.78, 5) is 26.6. The molecule has 1 aromatic heterocycles. The van der Waals surface area contributed by atoms with Gasteiger partial charge in [-0.05, 0) is 60.7 Å². The van der Waals surface area contributed by atoms with Crippen LogP contribution in [-0.2, 0) is 4.79 Å². The van der Waals surface area contributed by atoms with E-state index >= 15 is 0 Å². The molecule has 5 rings (SSSR count). The summed E-state index contributed by atoms with van der Waals surface area (Å²) in [7, 11) is 0. The summed E-state index contributed by atoms with van der Waals surface area (Å²) in [5.41, 5.74) is 3.30. The summed E-state index contributed by atoms with van der Waals surface area (Å²) in [6, 6.07) is 14.2. The van der Waals surface area contributed by atoms with E-state index in [0.29, 0.717) is 47.1 Å². The van der Waals surface area contributed by atoms with Crippen LogP contribution >= 0.6 is 11.6 Å². The molecule has 2 heterocycles. The summed E-state index contributed by atoms with van der Waals surface area (Å²) >= 11 is 6.13. The monoisotopic (exact) mass is 490 g/mol. The molecule has 0 spiro atoms. The lowest BCUT2D eigenvalue weighted by Crippen LogP contribution is -2.36. The van der Waals surface area contributed by atoms with Gasteiger partial charge in [-0.1, -0.05) is 37.6 Å². The molecule has 2 aromatic carbocycles. The van der Waals surface area contributed by atoms with Crippen LogP contribution in [0.3, 0.4) is 0 Å². The number of carbonyl (C=O) groups is 2. The Morgan fingerprint density at radius 1 is 1.17 bits per heavy atom. The van der Waals surface area contributed by atoms with Crippen LogP contribution in [0, 0.1) is 5.41 Å². The molecule has 35 heavy (non-hydrogen) atoms. The molecule has 1 amide bonds. The minimum Gasteiger partial charge on any atom is -0.494 e. The highest BCUT2D eigenvalue weighted by atomic mass is 35.5. The van der Waals surface area contributed by atoms with E-state index in [9.17, 15) is 9.59 Å². The highest BCUT2D eigenvalue weighted by Crippen LogP contribution is 2.46. The molecule has 0 saturated heterocycles. The lowest BCUT2D eigenvalue weighted by atomic mass is 9.73. The number of fused-ring (bicyclic) bond motifs is 1. The maximum absolute atomic E-state index is 13.3. The van der Waals surface area contributed by atoms with Crippen molar-refractivity contribution >= 4 is 34.8 Å². The summed E-state index contributed by atoms with van der Waals surface area (Å²) in [5.74, 6) is 1.11. The molecule has 1 atom stereocenters. The van der Waals surface area contributed by atoms with E-state index in [0.717, 1.165) is 17.0 Å². The fourth-order valence-electron chi connectivity index (χ4n) is 4.83. The van der Waals surface area contributed by atoms with Crippen LogP contribution in [0.4, 0.5) is 11.5 Å². The Kier molecular flexibility index (Phi) is 5.89. The molecule has 0 fully saturated rings. The number of nitrogens with zero attached hydrogens (tertiary/aromatic N) is 2. The van der Waals surface area contributed by atoms with Crippen LogP contribution in [0.25, 0.3) is 0 Å². The predicted molar refractivity (Wildman–Crippen MR) is 136 cm³/mol. The Labute approximate surface area is 209 Å². The molecule has 8 heteroatoms. The molecule has 2 N–H and O–H groups in total. The van der Waals surface area contributed by atoms with Crippen molar-refractivity contribution < 1.29 is 14.3 Å². The molecule has 0 bridgehead atoms. The lowest BCUT2D eigenvalue weighted by Gasteiger charge is -2.39. The molecular formula is C27H27ClN4O3. The number of nitrogens with one attached hydrogen (secondary N) is 2. The van der Waals surface area contributed by atoms with Crippen molar-refractivity contribution in [2.24, 2.45) is 5.41 Å². The maximum Gasteiger partial charge on any atom is 0.261 e. The van der Waals surface area contributed by atoms with Gasteiger partial charge in [-0.2, -0.15) is 5.10 Å². The second-order valence-electron chi connectivity index (χ2n) is 9.68. The Morgan fingerprint density at radius 2 is 1.89 bits per heavy atom. The van der Waals surface area contributed by atoms with Gasteiger partial charge in [0.15, 0.2) is 5.78 Å². The van der Waals surface area contributed by atoms with Crippen molar-refractivity contribution in [3.63, 3.8) is 0 Å². The normalized spacial score (nSPS) is 18.4. The summed E-state index contributed by atoms with van der Waals surface area (Å²) in [5, 5.41) is 11.5. The van der Waals surface area contributed by atoms with Crippen LogP contribution in [0.15, 0.2) is 66.0 Å². The fraction of sp³-hybridized carbons (Fsp3) is 0.296. The number of allylic oxidation sites excluding steroid dienone is 2. The second-order valence-corrected chi connectivity index (χ2v) is 10.1. The van der Waals surface area contributed by atoms with E-state index in [1.165, 1.54) is 0 Å². The van der Waals surface area contributed by atoms with Gasteiger partial charge >= 0.3 is 0 Å². The third-order valence-electron chi connectivity index (χ3n) is 6.36. The number of anilines is 2. The van der Waals surface area contributed by atoms with Crippen molar-refractivity contribution in [3.8, 4) is 5.75 Å². The maximum atomic E-state index is 13.3. The van der Waals surface area contributed by atoms with Crippen LogP contribution in [-0.4, -0.2) is 28.1 Å². The van der Waals surface area contributed by atoms with Crippen molar-refractivity contribution in [1.82, 2.24) is 9.78 Å². The van der Waals surface area contributed by atoms with Gasteiger partial charge in [0.1, 0.15) is 23.2 Å². The Hall–Kier alpha value is -3.58. The highest BCUT2D eigenvalue weighted by molar-refractivity contribution is 6.30. The topological polar surface area (TPSA) is 85.2 Å². The summed E-state index contributed by atoms with van der Waals surface area (Å²) in [6.45, 7) is 6.66. The molecule has 1 aliphatic carbocycles. The van der Waals surface area contributed by atoms with E-state index < -0.39 is 6.04 Å². The predicted octanol–water partition coefficient (Wildman–Crippen LogP) is 5.85. The Balaban J connectivity index is 1.52. The van der Waals surface area contributed by atoms with Crippen molar-refractivity contribution in [2.75, 3.05) is 17.2 Å². The number of hydrogen-bond donors (Lipinski definition) is 2. The number of halogens is 1. The van der Waals surface area contributed by atoms with Gasteiger partial charge in [-0.25, -0.2) is 4.68 Å². The minimum atomic E-state index is -0.436. The number of benzene rings is 2. The Bertz CT molecular complexity index is 1320. The smallest absolute Gasteiger partial charge is 0.261 e. The average molecular weight is 491 g/mol. The molecule has 3 aromatic rings. The zero-order valence-corrected chi connectivity index (χ0v) is 20.6. The lowest BCUT2D eigenvalue weighted by molar-refractivity contribution is -0.118. The number of aromatic nitrogens is 2. The second kappa shape index (κ2) is 8.89. The number of amides is 1. The van der Waals surface area contributed by atoms with Gasteiger partial charge in [0.25, 0.3) is 5.91 Å². The zero-order valence-electron chi connectivity index (χ0n) is 19.9. The molecule has 0 unspecified atom stereocenters. The number of ether oxygens (including phenoxy) is 1. The van der Waals surface area contributed by atoms with E-state index in [2.05, 4.69) is 29.6 Å². The average Bonchev–Trinajstić information content (AvgIpc) is 3.23. The Morgan fingerprint density at radius 3 is 2.57 bits per heavy atom. The standard InChI is InChI=1S/C27H27ClN4O3/c1-4-35-19-11-9-18(10-12-19)30-26(34)20-15-29-32-24(16-5-7-17(28)8-6-16)23-21(31-25(20)32)13-27(2,3)14-22(23)33/h5-12,15,24,31H,4,13-14H2,1-3H3,(H,30,34)/t24-/m1/s1. The van der Waals surface area contributed by atoms with Crippen LogP contribution in [0.1, 0.15) is 55.6 Å². The molecule has 0 radical (unpaired) electrons. The van der Waals surface area contributed by atoms with Gasteiger partial charge in [-0.3, -0.25) is 9.59 Å². The van der Waals surface area contributed by atoms with Gasteiger partial charge < -0.3 is 15.4 Å². The number of hydrogen-bond acceptors (Lipinski definition) is 5.